The minimum absolute atomic E-state index is 0.321. The van der Waals surface area contributed by atoms with Crippen LogP contribution in [-0.4, -0.2) is 5.11 Å². The molecule has 1 aromatic rings. The molecule has 0 saturated heterocycles. The Balaban J connectivity index is 2.79. The smallest absolute Gasteiger partial charge is 0.0795 e. The molecule has 2 heteroatoms. The first-order valence-electron chi connectivity index (χ1n) is 6.93. The van der Waals surface area contributed by atoms with Crippen LogP contribution in [-0.2, 0) is 0 Å². The minimum Gasteiger partial charge on any atom is -0.388 e. The molecule has 0 aliphatic carbocycles. The van der Waals surface area contributed by atoms with Crippen LogP contribution in [0.4, 0.5) is 0 Å². The van der Waals surface area contributed by atoms with Gasteiger partial charge in [0.05, 0.1) is 6.10 Å². The Morgan fingerprint density at radius 3 is 2.39 bits per heavy atom. The van der Waals surface area contributed by atoms with E-state index < -0.39 is 0 Å². The predicted molar refractivity (Wildman–Crippen MR) is 82.1 cm³/mol. The molecule has 18 heavy (non-hydrogen) atoms. The van der Waals surface area contributed by atoms with Gasteiger partial charge in [-0.15, -0.1) is 0 Å². The van der Waals surface area contributed by atoms with E-state index >= 15 is 0 Å². The topological polar surface area (TPSA) is 20.2 Å². The monoisotopic (exact) mass is 312 g/mol. The molecule has 0 amide bonds. The number of aryl methyl sites for hydroxylation is 2. The molecule has 0 spiro atoms. The standard InChI is InChI=1S/C16H25BrO/c1-5-6-7-8-9-14(18)15-11(2)10-12(3)16(17)13(15)4/h10,14,18H,5-9H2,1-4H3. The summed E-state index contributed by atoms with van der Waals surface area (Å²) in [5, 5.41) is 10.4. The molecule has 1 nitrogen and oxygen atoms in total. The van der Waals surface area contributed by atoms with Crippen LogP contribution in [0, 0.1) is 20.8 Å². The summed E-state index contributed by atoms with van der Waals surface area (Å²) in [5.41, 5.74) is 4.75. The molecule has 0 saturated carbocycles. The molecule has 1 rings (SSSR count). The zero-order valence-electron chi connectivity index (χ0n) is 12.0. The van der Waals surface area contributed by atoms with Gasteiger partial charge in [0, 0.05) is 4.47 Å². The zero-order chi connectivity index (χ0) is 13.7. The van der Waals surface area contributed by atoms with E-state index in [1.54, 1.807) is 0 Å². The Morgan fingerprint density at radius 1 is 1.11 bits per heavy atom. The fourth-order valence-corrected chi connectivity index (χ4v) is 2.93. The lowest BCUT2D eigenvalue weighted by atomic mass is 9.93. The van der Waals surface area contributed by atoms with Crippen molar-refractivity contribution in [3.8, 4) is 0 Å². The van der Waals surface area contributed by atoms with Crippen molar-refractivity contribution in [2.24, 2.45) is 0 Å². The maximum absolute atomic E-state index is 10.4. The molecule has 0 radical (unpaired) electrons. The first-order chi connectivity index (χ1) is 8.49. The predicted octanol–water partition coefficient (Wildman–Crippen LogP) is 5.38. The van der Waals surface area contributed by atoms with Gasteiger partial charge in [0.2, 0.25) is 0 Å². The van der Waals surface area contributed by atoms with Crippen molar-refractivity contribution in [2.45, 2.75) is 65.9 Å². The number of hydrogen-bond acceptors (Lipinski definition) is 1. The number of benzene rings is 1. The molecular formula is C16H25BrO. The van der Waals surface area contributed by atoms with Crippen LogP contribution in [0.25, 0.3) is 0 Å². The highest BCUT2D eigenvalue weighted by Crippen LogP contribution is 2.33. The van der Waals surface area contributed by atoms with Crippen LogP contribution in [0.1, 0.15) is 67.4 Å². The van der Waals surface area contributed by atoms with E-state index in [9.17, 15) is 5.11 Å². The normalized spacial score (nSPS) is 12.8. The highest BCUT2D eigenvalue weighted by atomic mass is 79.9. The van der Waals surface area contributed by atoms with Crippen molar-refractivity contribution in [3.63, 3.8) is 0 Å². The largest absolute Gasteiger partial charge is 0.388 e. The first kappa shape index (κ1) is 15.7. The highest BCUT2D eigenvalue weighted by Gasteiger charge is 2.16. The molecule has 1 aromatic carbocycles. The average molecular weight is 313 g/mol. The lowest BCUT2D eigenvalue weighted by molar-refractivity contribution is 0.162. The third-order valence-electron chi connectivity index (χ3n) is 3.60. The van der Waals surface area contributed by atoms with Gasteiger partial charge in [-0.2, -0.15) is 0 Å². The Kier molecular flexibility index (Phi) is 6.37. The first-order valence-corrected chi connectivity index (χ1v) is 7.72. The van der Waals surface area contributed by atoms with Crippen molar-refractivity contribution in [3.05, 3.63) is 32.8 Å². The van der Waals surface area contributed by atoms with Crippen molar-refractivity contribution >= 4 is 15.9 Å². The number of halogens is 1. The Bertz CT molecular complexity index is 399. The van der Waals surface area contributed by atoms with Crippen LogP contribution < -0.4 is 0 Å². The van der Waals surface area contributed by atoms with E-state index in [0.29, 0.717) is 0 Å². The highest BCUT2D eigenvalue weighted by molar-refractivity contribution is 9.10. The summed E-state index contributed by atoms with van der Waals surface area (Å²) >= 11 is 3.61. The fourth-order valence-electron chi connectivity index (χ4n) is 2.60. The van der Waals surface area contributed by atoms with Crippen LogP contribution in [0.2, 0.25) is 0 Å². The minimum atomic E-state index is -0.321. The number of hydrogen-bond donors (Lipinski definition) is 1. The van der Waals surface area contributed by atoms with E-state index in [4.69, 9.17) is 0 Å². The SMILES string of the molecule is CCCCCCC(O)c1c(C)cc(C)c(Br)c1C. The number of aliphatic hydroxyl groups is 1. The quantitative estimate of drug-likeness (QED) is 0.699. The molecule has 1 unspecified atom stereocenters. The maximum atomic E-state index is 10.4. The van der Waals surface area contributed by atoms with Gasteiger partial charge in [0.1, 0.15) is 0 Å². The van der Waals surface area contributed by atoms with E-state index in [-0.39, 0.29) is 6.10 Å². The number of aliphatic hydroxyl groups excluding tert-OH is 1. The Morgan fingerprint density at radius 2 is 1.78 bits per heavy atom. The summed E-state index contributed by atoms with van der Waals surface area (Å²) in [6.45, 7) is 8.50. The van der Waals surface area contributed by atoms with Crippen LogP contribution >= 0.6 is 15.9 Å². The third kappa shape index (κ3) is 3.83. The molecule has 1 atom stereocenters. The molecule has 0 aliphatic rings. The summed E-state index contributed by atoms with van der Waals surface area (Å²) in [7, 11) is 0. The Hall–Kier alpha value is -0.340. The second-order valence-corrected chi connectivity index (χ2v) is 6.02. The van der Waals surface area contributed by atoms with Crippen LogP contribution in [0.3, 0.4) is 0 Å². The van der Waals surface area contributed by atoms with Crippen LogP contribution in [0.15, 0.2) is 10.5 Å². The van der Waals surface area contributed by atoms with Gasteiger partial charge < -0.3 is 5.11 Å². The van der Waals surface area contributed by atoms with Gasteiger partial charge in [-0.1, -0.05) is 54.6 Å². The molecule has 0 fully saturated rings. The van der Waals surface area contributed by atoms with Gasteiger partial charge in [-0.3, -0.25) is 0 Å². The summed E-state index contributed by atoms with van der Waals surface area (Å²) in [4.78, 5) is 0. The van der Waals surface area contributed by atoms with Crippen molar-refractivity contribution in [1.29, 1.82) is 0 Å². The lowest BCUT2D eigenvalue weighted by Crippen LogP contribution is -2.04. The maximum Gasteiger partial charge on any atom is 0.0795 e. The van der Waals surface area contributed by atoms with Gasteiger partial charge >= 0.3 is 0 Å². The van der Waals surface area contributed by atoms with Crippen molar-refractivity contribution < 1.29 is 5.11 Å². The van der Waals surface area contributed by atoms with E-state index in [1.165, 1.54) is 36.0 Å². The third-order valence-corrected chi connectivity index (χ3v) is 4.82. The summed E-state index contributed by atoms with van der Waals surface area (Å²) in [5.74, 6) is 0. The average Bonchev–Trinajstić information content (AvgIpc) is 2.32. The number of unbranched alkanes of at least 4 members (excludes halogenated alkanes) is 3. The van der Waals surface area contributed by atoms with Gasteiger partial charge in [-0.25, -0.2) is 0 Å². The van der Waals surface area contributed by atoms with E-state index in [1.807, 2.05) is 0 Å². The molecule has 0 heterocycles. The molecule has 1 N–H and O–H groups in total. The fraction of sp³-hybridized carbons (Fsp3) is 0.625. The molecule has 102 valence electrons. The molecule has 0 aliphatic heterocycles. The van der Waals surface area contributed by atoms with Gasteiger partial charge in [-0.05, 0) is 49.4 Å². The molecule has 0 aromatic heterocycles. The molecular weight excluding hydrogens is 288 g/mol. The lowest BCUT2D eigenvalue weighted by Gasteiger charge is -2.19. The summed E-state index contributed by atoms with van der Waals surface area (Å²) in [6.07, 6.45) is 5.39. The van der Waals surface area contributed by atoms with Crippen LogP contribution in [0.5, 0.6) is 0 Å². The zero-order valence-corrected chi connectivity index (χ0v) is 13.6. The van der Waals surface area contributed by atoms with Gasteiger partial charge in [0.25, 0.3) is 0 Å². The number of rotatable bonds is 6. The van der Waals surface area contributed by atoms with Crippen molar-refractivity contribution in [2.75, 3.05) is 0 Å². The van der Waals surface area contributed by atoms with E-state index in [0.717, 1.165) is 22.9 Å². The second kappa shape index (κ2) is 7.30. The summed E-state index contributed by atoms with van der Waals surface area (Å²) in [6, 6.07) is 2.15. The Labute approximate surface area is 120 Å². The van der Waals surface area contributed by atoms with Gasteiger partial charge in [0.15, 0.2) is 0 Å². The second-order valence-electron chi connectivity index (χ2n) is 5.23. The van der Waals surface area contributed by atoms with Crippen molar-refractivity contribution in [1.82, 2.24) is 0 Å². The summed E-state index contributed by atoms with van der Waals surface area (Å²) < 4.78 is 1.13. The van der Waals surface area contributed by atoms with E-state index in [2.05, 4.69) is 49.7 Å². The molecule has 0 bridgehead atoms.